The third kappa shape index (κ3) is 1.47. The van der Waals surface area contributed by atoms with Gasteiger partial charge in [-0.25, -0.2) is 8.78 Å². The lowest BCUT2D eigenvalue weighted by atomic mass is 10.1. The minimum absolute atomic E-state index is 0.0359. The molecule has 1 radical (unpaired) electrons. The maximum absolute atomic E-state index is 13.2. The first kappa shape index (κ1) is 8.38. The van der Waals surface area contributed by atoms with Crippen molar-refractivity contribution in [2.45, 2.75) is 0 Å². The van der Waals surface area contributed by atoms with Gasteiger partial charge in [-0.3, -0.25) is 0 Å². The summed E-state index contributed by atoms with van der Waals surface area (Å²) in [5.74, 6) is -1.06. The number of halogens is 2. The van der Waals surface area contributed by atoms with Crippen LogP contribution in [-0.4, -0.2) is 0 Å². The topological polar surface area (TPSA) is 0 Å². The van der Waals surface area contributed by atoms with Crippen molar-refractivity contribution in [3.8, 4) is 10.4 Å². The number of hydrogen-bond acceptors (Lipinski definition) is 1. The van der Waals surface area contributed by atoms with Gasteiger partial charge < -0.3 is 0 Å². The highest BCUT2D eigenvalue weighted by Crippen LogP contribution is 2.29. The van der Waals surface area contributed by atoms with E-state index in [1.807, 2.05) is 0 Å². The van der Waals surface area contributed by atoms with E-state index in [0.717, 1.165) is 0 Å². The molecular weight excluding hydrogens is 190 g/mol. The molecule has 2 aromatic rings. The maximum atomic E-state index is 13.2. The summed E-state index contributed by atoms with van der Waals surface area (Å²) in [6.45, 7) is 0. The summed E-state index contributed by atoms with van der Waals surface area (Å²) >= 11 is 1.20. The van der Waals surface area contributed by atoms with Crippen LogP contribution >= 0.6 is 11.3 Å². The van der Waals surface area contributed by atoms with Crippen LogP contribution < -0.4 is 0 Å². The van der Waals surface area contributed by atoms with Crippen LogP contribution in [0.1, 0.15) is 0 Å². The normalized spacial score (nSPS) is 10.3. The molecule has 0 atom stereocenters. The predicted octanol–water partition coefficient (Wildman–Crippen LogP) is 3.49. The summed E-state index contributed by atoms with van der Waals surface area (Å²) in [7, 11) is 0. The van der Waals surface area contributed by atoms with Gasteiger partial charge in [0.15, 0.2) is 0 Å². The van der Waals surface area contributed by atoms with Crippen molar-refractivity contribution in [3.63, 3.8) is 0 Å². The maximum Gasteiger partial charge on any atom is 0.134 e. The highest BCUT2D eigenvalue weighted by atomic mass is 32.1. The van der Waals surface area contributed by atoms with Crippen LogP contribution in [0.15, 0.2) is 30.3 Å². The lowest BCUT2D eigenvalue weighted by Gasteiger charge is -2.00. The van der Waals surface area contributed by atoms with Crippen LogP contribution in [0.4, 0.5) is 8.78 Å². The molecule has 0 saturated carbocycles. The molecule has 0 amide bonds. The SMILES string of the molecule is Fc1cccc(F)c1-c1cc[c]s1. The number of hydrogen-bond donors (Lipinski definition) is 0. The van der Waals surface area contributed by atoms with Gasteiger partial charge in [-0.2, -0.15) is 0 Å². The Morgan fingerprint density at radius 1 is 1.08 bits per heavy atom. The second kappa shape index (κ2) is 3.26. The molecule has 13 heavy (non-hydrogen) atoms. The fourth-order valence-electron chi connectivity index (χ4n) is 1.11. The molecular formula is C10H5F2S. The van der Waals surface area contributed by atoms with Crippen LogP contribution in [0, 0.1) is 17.0 Å². The molecule has 1 aromatic carbocycles. The van der Waals surface area contributed by atoms with Crippen molar-refractivity contribution in [1.82, 2.24) is 0 Å². The minimum atomic E-state index is -0.532. The Morgan fingerprint density at radius 2 is 1.77 bits per heavy atom. The summed E-state index contributed by atoms with van der Waals surface area (Å²) < 4.78 is 26.3. The van der Waals surface area contributed by atoms with E-state index in [0.29, 0.717) is 4.88 Å². The van der Waals surface area contributed by atoms with Gasteiger partial charge in [0.1, 0.15) is 11.6 Å². The van der Waals surface area contributed by atoms with Crippen molar-refractivity contribution in [1.29, 1.82) is 0 Å². The zero-order valence-electron chi connectivity index (χ0n) is 6.55. The van der Waals surface area contributed by atoms with Crippen molar-refractivity contribution in [3.05, 3.63) is 47.3 Å². The zero-order valence-corrected chi connectivity index (χ0v) is 7.37. The smallest absolute Gasteiger partial charge is 0.134 e. The van der Waals surface area contributed by atoms with Gasteiger partial charge in [0, 0.05) is 10.3 Å². The second-order valence-electron chi connectivity index (χ2n) is 2.51. The third-order valence-electron chi connectivity index (χ3n) is 1.68. The van der Waals surface area contributed by atoms with E-state index >= 15 is 0 Å². The van der Waals surface area contributed by atoms with Crippen LogP contribution in [0.5, 0.6) is 0 Å². The van der Waals surface area contributed by atoms with E-state index in [1.54, 1.807) is 12.1 Å². The monoisotopic (exact) mass is 195 g/mol. The summed E-state index contributed by atoms with van der Waals surface area (Å²) in [5.41, 5.74) is 0.0359. The van der Waals surface area contributed by atoms with Crippen LogP contribution in [0.25, 0.3) is 10.4 Å². The Hall–Kier alpha value is -1.22. The molecule has 65 valence electrons. The molecule has 0 fully saturated rings. The van der Waals surface area contributed by atoms with Gasteiger partial charge in [0.05, 0.1) is 5.56 Å². The Labute approximate surface area is 78.5 Å². The molecule has 2 rings (SSSR count). The fourth-order valence-corrected chi connectivity index (χ4v) is 1.81. The minimum Gasteiger partial charge on any atom is -0.206 e. The van der Waals surface area contributed by atoms with E-state index < -0.39 is 11.6 Å². The van der Waals surface area contributed by atoms with E-state index in [4.69, 9.17) is 0 Å². The average molecular weight is 195 g/mol. The van der Waals surface area contributed by atoms with Gasteiger partial charge in [-0.05, 0) is 24.3 Å². The molecule has 0 aliphatic heterocycles. The van der Waals surface area contributed by atoms with Gasteiger partial charge in [-0.1, -0.05) is 6.07 Å². The number of rotatable bonds is 1. The molecule has 0 aliphatic carbocycles. The number of benzene rings is 1. The zero-order chi connectivity index (χ0) is 9.26. The van der Waals surface area contributed by atoms with Gasteiger partial charge >= 0.3 is 0 Å². The van der Waals surface area contributed by atoms with E-state index in [9.17, 15) is 8.78 Å². The van der Waals surface area contributed by atoms with Crippen molar-refractivity contribution >= 4 is 11.3 Å². The summed E-state index contributed by atoms with van der Waals surface area (Å²) in [5, 5.41) is 2.79. The van der Waals surface area contributed by atoms with Gasteiger partial charge in [-0.15, -0.1) is 11.3 Å². The summed E-state index contributed by atoms with van der Waals surface area (Å²) in [6, 6.07) is 7.14. The molecule has 1 aromatic heterocycles. The van der Waals surface area contributed by atoms with E-state index in [1.165, 1.54) is 29.5 Å². The largest absolute Gasteiger partial charge is 0.206 e. The Morgan fingerprint density at radius 3 is 2.31 bits per heavy atom. The molecule has 3 heteroatoms. The first-order valence-corrected chi connectivity index (χ1v) is 4.51. The Bertz CT molecular complexity index is 387. The second-order valence-corrected chi connectivity index (χ2v) is 3.39. The van der Waals surface area contributed by atoms with Crippen molar-refractivity contribution < 1.29 is 8.78 Å². The standard InChI is InChI=1S/C10H5F2S/c11-7-3-1-4-8(12)10(7)9-5-2-6-13-9/h1-5H. The molecule has 0 aliphatic rings. The van der Waals surface area contributed by atoms with E-state index in [-0.39, 0.29) is 5.56 Å². The van der Waals surface area contributed by atoms with Crippen molar-refractivity contribution in [2.75, 3.05) is 0 Å². The average Bonchev–Trinajstić information content (AvgIpc) is 2.57. The molecule has 0 N–H and O–H groups in total. The van der Waals surface area contributed by atoms with Crippen LogP contribution in [-0.2, 0) is 0 Å². The molecule has 0 spiro atoms. The predicted molar refractivity (Wildman–Crippen MR) is 48.5 cm³/mol. The molecule has 0 bridgehead atoms. The quantitative estimate of drug-likeness (QED) is 0.653. The van der Waals surface area contributed by atoms with Crippen LogP contribution in [0.2, 0.25) is 0 Å². The first-order chi connectivity index (χ1) is 6.29. The molecule has 0 saturated heterocycles. The van der Waals surface area contributed by atoms with Gasteiger partial charge in [0.25, 0.3) is 0 Å². The Kier molecular flexibility index (Phi) is 2.10. The molecule has 0 nitrogen and oxygen atoms in total. The fraction of sp³-hybridized carbons (Fsp3) is 0. The van der Waals surface area contributed by atoms with Crippen molar-refractivity contribution in [2.24, 2.45) is 0 Å². The number of thiophene rings is 1. The molecule has 0 unspecified atom stereocenters. The third-order valence-corrected chi connectivity index (χ3v) is 2.49. The lowest BCUT2D eigenvalue weighted by Crippen LogP contribution is -1.86. The highest BCUT2D eigenvalue weighted by Gasteiger charge is 2.10. The van der Waals surface area contributed by atoms with Gasteiger partial charge in [0.2, 0.25) is 0 Å². The lowest BCUT2D eigenvalue weighted by molar-refractivity contribution is 0.590. The summed E-state index contributed by atoms with van der Waals surface area (Å²) in [4.78, 5) is 0.565. The highest BCUT2D eigenvalue weighted by molar-refractivity contribution is 7.13. The first-order valence-electron chi connectivity index (χ1n) is 3.69. The Balaban J connectivity index is 2.64. The van der Waals surface area contributed by atoms with E-state index in [2.05, 4.69) is 5.38 Å². The molecule has 1 heterocycles. The van der Waals surface area contributed by atoms with Crippen LogP contribution in [0.3, 0.4) is 0 Å². The summed E-state index contributed by atoms with van der Waals surface area (Å²) in [6.07, 6.45) is 0.